The van der Waals surface area contributed by atoms with Crippen LogP contribution in [0.5, 0.6) is 0 Å². The van der Waals surface area contributed by atoms with Crippen molar-refractivity contribution in [1.82, 2.24) is 0 Å². The first-order valence-corrected chi connectivity index (χ1v) is 8.01. The van der Waals surface area contributed by atoms with E-state index in [4.69, 9.17) is 0 Å². The Balaban J connectivity index is -0.000000333. The Bertz CT molecular complexity index is 263. The molecule has 0 bridgehead atoms. The van der Waals surface area contributed by atoms with Crippen LogP contribution in [0.1, 0.15) is 78.1 Å². The monoisotopic (exact) mass is 362 g/mol. The molecule has 0 spiro atoms. The second-order valence-corrected chi connectivity index (χ2v) is 5.30. The summed E-state index contributed by atoms with van der Waals surface area (Å²) in [5.74, 6) is -2.33. The molecule has 132 valence electrons. The van der Waals surface area contributed by atoms with E-state index in [1.54, 1.807) is 0 Å². The Labute approximate surface area is 168 Å². The van der Waals surface area contributed by atoms with Crippen molar-refractivity contribution in [3.8, 4) is 0 Å². The number of aliphatic carboxylic acids is 2. The van der Waals surface area contributed by atoms with Crippen LogP contribution in [0.4, 0.5) is 8.78 Å². The summed E-state index contributed by atoms with van der Waals surface area (Å²) in [4.78, 5) is 19.8. The SMILES string of the molecule is CCCCC(F)CCC(=O)[O-].CCCCC(F)CCC(=O)[O-].[Ca+2]. The van der Waals surface area contributed by atoms with Crippen molar-refractivity contribution in [2.75, 3.05) is 0 Å². The minimum atomic E-state index is -1.16. The minimum Gasteiger partial charge on any atom is -0.550 e. The van der Waals surface area contributed by atoms with Gasteiger partial charge in [0.15, 0.2) is 0 Å². The van der Waals surface area contributed by atoms with Gasteiger partial charge in [-0.1, -0.05) is 39.5 Å². The van der Waals surface area contributed by atoms with E-state index < -0.39 is 24.3 Å². The fourth-order valence-corrected chi connectivity index (χ4v) is 1.69. The number of hydrogen-bond donors (Lipinski definition) is 0. The molecule has 0 aromatic carbocycles. The number of unbranched alkanes of at least 4 members (excludes halogenated alkanes) is 2. The first kappa shape index (κ1) is 27.9. The van der Waals surface area contributed by atoms with E-state index in [0.717, 1.165) is 25.7 Å². The van der Waals surface area contributed by atoms with E-state index in [1.165, 1.54) is 0 Å². The van der Waals surface area contributed by atoms with Gasteiger partial charge in [0.25, 0.3) is 0 Å². The van der Waals surface area contributed by atoms with Crippen LogP contribution in [-0.4, -0.2) is 62.0 Å². The Morgan fingerprint density at radius 1 is 0.783 bits per heavy atom. The summed E-state index contributed by atoms with van der Waals surface area (Å²) >= 11 is 0. The van der Waals surface area contributed by atoms with E-state index in [1.807, 2.05) is 13.8 Å². The maximum atomic E-state index is 12.7. The molecule has 0 amide bonds. The summed E-state index contributed by atoms with van der Waals surface area (Å²) < 4.78 is 25.3. The summed E-state index contributed by atoms with van der Waals surface area (Å²) in [7, 11) is 0. The van der Waals surface area contributed by atoms with Crippen LogP contribution in [0.3, 0.4) is 0 Å². The molecule has 0 aliphatic rings. The zero-order valence-corrected chi connectivity index (χ0v) is 16.5. The summed E-state index contributed by atoms with van der Waals surface area (Å²) in [5, 5.41) is 19.8. The predicted molar refractivity (Wildman–Crippen MR) is 83.1 cm³/mol. The number of halogens is 2. The van der Waals surface area contributed by atoms with Crippen molar-refractivity contribution in [3.05, 3.63) is 0 Å². The van der Waals surface area contributed by atoms with Gasteiger partial charge in [-0.05, 0) is 38.5 Å². The molecule has 23 heavy (non-hydrogen) atoms. The summed E-state index contributed by atoms with van der Waals surface area (Å²) in [5.41, 5.74) is 0. The van der Waals surface area contributed by atoms with E-state index in [0.29, 0.717) is 12.8 Å². The third-order valence-corrected chi connectivity index (χ3v) is 3.07. The van der Waals surface area contributed by atoms with E-state index >= 15 is 0 Å². The van der Waals surface area contributed by atoms with Crippen molar-refractivity contribution >= 4 is 49.7 Å². The Kier molecular flexibility index (Phi) is 24.4. The summed E-state index contributed by atoms with van der Waals surface area (Å²) in [6.45, 7) is 3.96. The molecule has 0 aliphatic carbocycles. The van der Waals surface area contributed by atoms with Crippen LogP contribution in [0.15, 0.2) is 0 Å². The third-order valence-electron chi connectivity index (χ3n) is 3.07. The van der Waals surface area contributed by atoms with Gasteiger partial charge in [0.05, 0.1) is 0 Å². The van der Waals surface area contributed by atoms with Gasteiger partial charge in [0.2, 0.25) is 0 Å². The van der Waals surface area contributed by atoms with Crippen LogP contribution in [-0.2, 0) is 9.59 Å². The second kappa shape index (κ2) is 20.1. The van der Waals surface area contributed by atoms with Gasteiger partial charge in [0, 0.05) is 11.9 Å². The van der Waals surface area contributed by atoms with Gasteiger partial charge < -0.3 is 19.8 Å². The molecule has 4 nitrogen and oxygen atoms in total. The smallest absolute Gasteiger partial charge is 0.550 e. The zero-order valence-electron chi connectivity index (χ0n) is 14.3. The molecule has 7 heteroatoms. The normalized spacial score (nSPS) is 12.3. The molecule has 2 atom stereocenters. The molecule has 0 fully saturated rings. The second-order valence-electron chi connectivity index (χ2n) is 5.30. The quantitative estimate of drug-likeness (QED) is 0.495. The molecule has 0 aliphatic heterocycles. The maximum absolute atomic E-state index is 12.7. The fourth-order valence-electron chi connectivity index (χ4n) is 1.69. The molecule has 0 aromatic heterocycles. The number of rotatable bonds is 12. The standard InChI is InChI=1S/2C8H15FO2.Ca/c2*1-2-3-4-7(9)5-6-8(10)11;/h2*7H,2-6H2,1H3,(H,10,11);/q;;+2/p-2. The summed E-state index contributed by atoms with van der Waals surface area (Å²) in [6.07, 6.45) is 2.45. The molecule has 0 N–H and O–H groups in total. The Morgan fingerprint density at radius 2 is 1.09 bits per heavy atom. The van der Waals surface area contributed by atoms with Crippen molar-refractivity contribution < 1.29 is 28.6 Å². The largest absolute Gasteiger partial charge is 2.00 e. The van der Waals surface area contributed by atoms with Gasteiger partial charge in [-0.3, -0.25) is 0 Å². The number of hydrogen-bond acceptors (Lipinski definition) is 4. The number of alkyl halides is 2. The average molecular weight is 362 g/mol. The minimum absolute atomic E-state index is 0. The van der Waals surface area contributed by atoms with E-state index in [2.05, 4.69) is 0 Å². The van der Waals surface area contributed by atoms with E-state index in [9.17, 15) is 28.6 Å². The van der Waals surface area contributed by atoms with Crippen LogP contribution in [0.25, 0.3) is 0 Å². The molecule has 0 radical (unpaired) electrons. The Morgan fingerprint density at radius 3 is 1.30 bits per heavy atom. The first-order valence-electron chi connectivity index (χ1n) is 8.01. The van der Waals surface area contributed by atoms with Crippen LogP contribution in [0.2, 0.25) is 0 Å². The Hall–Kier alpha value is 0.0597. The third kappa shape index (κ3) is 27.2. The first-order chi connectivity index (χ1) is 10.3. The van der Waals surface area contributed by atoms with Crippen LogP contribution >= 0.6 is 0 Å². The molecule has 2 unspecified atom stereocenters. The van der Waals surface area contributed by atoms with Gasteiger partial charge in [0.1, 0.15) is 12.3 Å². The number of carbonyl (C=O) groups excluding carboxylic acids is 2. The molecule has 0 saturated heterocycles. The number of carboxylic acids is 2. The van der Waals surface area contributed by atoms with Crippen molar-refractivity contribution in [3.63, 3.8) is 0 Å². The predicted octanol–water partition coefficient (Wildman–Crippen LogP) is 1.71. The topological polar surface area (TPSA) is 80.3 Å². The zero-order chi connectivity index (χ0) is 17.4. The van der Waals surface area contributed by atoms with Crippen molar-refractivity contribution in [2.45, 2.75) is 90.4 Å². The van der Waals surface area contributed by atoms with Gasteiger partial charge in [-0.15, -0.1) is 0 Å². The molecular weight excluding hydrogens is 334 g/mol. The molecule has 0 rings (SSSR count). The number of carbonyl (C=O) groups is 2. The van der Waals surface area contributed by atoms with Crippen LogP contribution in [0, 0.1) is 0 Å². The molecule has 0 saturated carbocycles. The molecule has 0 aromatic rings. The van der Waals surface area contributed by atoms with E-state index in [-0.39, 0.29) is 63.4 Å². The number of carboxylic acid groups (broad SMARTS) is 2. The molecule has 0 heterocycles. The van der Waals surface area contributed by atoms with Crippen molar-refractivity contribution in [2.24, 2.45) is 0 Å². The van der Waals surface area contributed by atoms with Crippen LogP contribution < -0.4 is 10.2 Å². The average Bonchev–Trinajstić information content (AvgIpc) is 2.47. The van der Waals surface area contributed by atoms with Crippen molar-refractivity contribution in [1.29, 1.82) is 0 Å². The van der Waals surface area contributed by atoms with Gasteiger partial charge in [-0.2, -0.15) is 0 Å². The van der Waals surface area contributed by atoms with Gasteiger partial charge in [-0.25, -0.2) is 8.78 Å². The fraction of sp³-hybridized carbons (Fsp3) is 0.875. The molecular formula is C16H28CaF2O4. The maximum Gasteiger partial charge on any atom is 2.00 e. The van der Waals surface area contributed by atoms with Gasteiger partial charge >= 0.3 is 37.7 Å². The summed E-state index contributed by atoms with van der Waals surface area (Å²) in [6, 6.07) is 0.